The Morgan fingerprint density at radius 1 is 1.47 bits per heavy atom. The molecule has 1 rings (SSSR count). The van der Waals surface area contributed by atoms with Crippen molar-refractivity contribution in [3.8, 4) is 5.75 Å². The van der Waals surface area contributed by atoms with Crippen LogP contribution < -0.4 is 10.3 Å². The highest BCUT2D eigenvalue weighted by Gasteiger charge is 2.05. The SMILES string of the molecule is CN(C)CCOc1cccn(CCCC(=O)O)c1=O. The Morgan fingerprint density at radius 2 is 2.21 bits per heavy atom. The van der Waals surface area contributed by atoms with Crippen LogP contribution in [0.2, 0.25) is 0 Å². The van der Waals surface area contributed by atoms with Crippen molar-refractivity contribution < 1.29 is 14.6 Å². The van der Waals surface area contributed by atoms with Gasteiger partial charge in [-0.05, 0) is 32.6 Å². The van der Waals surface area contributed by atoms with Gasteiger partial charge < -0.3 is 19.3 Å². The standard InChI is InChI=1S/C13H20N2O4/c1-14(2)9-10-19-11-5-3-7-15(13(11)18)8-4-6-12(16)17/h3,5,7H,4,6,8-10H2,1-2H3,(H,16,17). The molecule has 1 heterocycles. The minimum atomic E-state index is -0.855. The number of hydrogen-bond acceptors (Lipinski definition) is 4. The van der Waals surface area contributed by atoms with E-state index >= 15 is 0 Å². The summed E-state index contributed by atoms with van der Waals surface area (Å²) in [4.78, 5) is 24.4. The van der Waals surface area contributed by atoms with Gasteiger partial charge >= 0.3 is 5.97 Å². The molecule has 19 heavy (non-hydrogen) atoms. The lowest BCUT2D eigenvalue weighted by Gasteiger charge is -2.11. The van der Waals surface area contributed by atoms with Gasteiger partial charge in [-0.15, -0.1) is 0 Å². The molecule has 6 nitrogen and oxygen atoms in total. The summed E-state index contributed by atoms with van der Waals surface area (Å²) >= 11 is 0. The number of carbonyl (C=O) groups is 1. The number of ether oxygens (including phenoxy) is 1. The summed E-state index contributed by atoms with van der Waals surface area (Å²) in [5.41, 5.74) is -0.216. The summed E-state index contributed by atoms with van der Waals surface area (Å²) in [6.07, 6.45) is 2.12. The summed E-state index contributed by atoms with van der Waals surface area (Å²) in [5.74, 6) is -0.550. The van der Waals surface area contributed by atoms with Crippen LogP contribution in [0.1, 0.15) is 12.8 Å². The molecule has 0 fully saturated rings. The number of nitrogens with zero attached hydrogens (tertiary/aromatic N) is 2. The van der Waals surface area contributed by atoms with E-state index in [2.05, 4.69) is 0 Å². The van der Waals surface area contributed by atoms with E-state index in [0.717, 1.165) is 6.54 Å². The van der Waals surface area contributed by atoms with Crippen LogP contribution in [0.5, 0.6) is 5.75 Å². The van der Waals surface area contributed by atoms with Gasteiger partial charge in [-0.25, -0.2) is 0 Å². The molecule has 1 N–H and O–H groups in total. The normalized spacial score (nSPS) is 10.7. The number of aliphatic carboxylic acids is 1. The minimum Gasteiger partial charge on any atom is -0.487 e. The summed E-state index contributed by atoms with van der Waals surface area (Å²) in [5, 5.41) is 8.57. The van der Waals surface area contributed by atoms with E-state index in [1.807, 2.05) is 19.0 Å². The molecule has 0 radical (unpaired) electrons. The quantitative estimate of drug-likeness (QED) is 0.749. The summed E-state index contributed by atoms with van der Waals surface area (Å²) in [6.45, 7) is 1.56. The van der Waals surface area contributed by atoms with Crippen molar-refractivity contribution in [1.29, 1.82) is 0 Å². The first kappa shape index (κ1) is 15.2. The third-order valence-electron chi connectivity index (χ3n) is 2.57. The Labute approximate surface area is 112 Å². The van der Waals surface area contributed by atoms with Crippen LogP contribution in [0.15, 0.2) is 23.1 Å². The molecule has 0 bridgehead atoms. The lowest BCUT2D eigenvalue weighted by atomic mass is 10.3. The predicted molar refractivity (Wildman–Crippen MR) is 71.6 cm³/mol. The Kier molecular flexibility index (Phi) is 6.08. The third-order valence-corrected chi connectivity index (χ3v) is 2.57. The molecule has 0 atom stereocenters. The van der Waals surface area contributed by atoms with Gasteiger partial charge in [0.1, 0.15) is 6.61 Å². The molecule has 0 aromatic carbocycles. The van der Waals surface area contributed by atoms with E-state index in [1.165, 1.54) is 4.57 Å². The van der Waals surface area contributed by atoms with E-state index in [1.54, 1.807) is 18.3 Å². The van der Waals surface area contributed by atoms with Gasteiger partial charge in [-0.2, -0.15) is 0 Å². The zero-order valence-corrected chi connectivity index (χ0v) is 11.3. The summed E-state index contributed by atoms with van der Waals surface area (Å²) in [6, 6.07) is 3.36. The fraction of sp³-hybridized carbons (Fsp3) is 0.538. The van der Waals surface area contributed by atoms with Crippen molar-refractivity contribution >= 4 is 5.97 Å². The fourth-order valence-electron chi connectivity index (χ4n) is 1.54. The van der Waals surface area contributed by atoms with Crippen molar-refractivity contribution in [1.82, 2.24) is 9.47 Å². The van der Waals surface area contributed by atoms with Crippen molar-refractivity contribution in [2.75, 3.05) is 27.2 Å². The number of carboxylic acids is 1. The minimum absolute atomic E-state index is 0.0537. The van der Waals surface area contributed by atoms with Crippen LogP contribution in [-0.4, -0.2) is 47.8 Å². The van der Waals surface area contributed by atoms with Crippen LogP contribution in [0, 0.1) is 0 Å². The Hall–Kier alpha value is -1.82. The van der Waals surface area contributed by atoms with Gasteiger partial charge in [0.15, 0.2) is 5.75 Å². The smallest absolute Gasteiger partial charge is 0.303 e. The molecule has 0 aliphatic rings. The number of carboxylic acid groups (broad SMARTS) is 1. The molecule has 0 aliphatic carbocycles. The molecule has 0 unspecified atom stereocenters. The lowest BCUT2D eigenvalue weighted by Crippen LogP contribution is -2.25. The average molecular weight is 268 g/mol. The summed E-state index contributed by atoms with van der Waals surface area (Å²) in [7, 11) is 3.86. The maximum absolute atomic E-state index is 12.0. The van der Waals surface area contributed by atoms with Gasteiger partial charge in [-0.1, -0.05) is 0 Å². The molecular weight excluding hydrogens is 248 g/mol. The number of likely N-dealkylation sites (N-methyl/N-ethyl adjacent to an activating group) is 1. The second-order valence-corrected chi connectivity index (χ2v) is 4.52. The first-order valence-electron chi connectivity index (χ1n) is 6.19. The number of hydrogen-bond donors (Lipinski definition) is 1. The first-order chi connectivity index (χ1) is 9.00. The Balaban J connectivity index is 2.59. The monoisotopic (exact) mass is 268 g/mol. The number of aromatic nitrogens is 1. The van der Waals surface area contributed by atoms with Crippen molar-refractivity contribution in [2.45, 2.75) is 19.4 Å². The maximum Gasteiger partial charge on any atom is 0.303 e. The molecule has 106 valence electrons. The lowest BCUT2D eigenvalue weighted by molar-refractivity contribution is -0.137. The van der Waals surface area contributed by atoms with Crippen LogP contribution in [-0.2, 0) is 11.3 Å². The second-order valence-electron chi connectivity index (χ2n) is 4.52. The molecule has 0 amide bonds. The second kappa shape index (κ2) is 7.58. The summed E-state index contributed by atoms with van der Waals surface area (Å²) < 4.78 is 6.90. The first-order valence-corrected chi connectivity index (χ1v) is 6.19. The topological polar surface area (TPSA) is 71.8 Å². The highest BCUT2D eigenvalue weighted by molar-refractivity contribution is 5.66. The third kappa shape index (κ3) is 5.56. The van der Waals surface area contributed by atoms with Gasteiger partial charge in [0.25, 0.3) is 5.56 Å². The van der Waals surface area contributed by atoms with E-state index in [-0.39, 0.29) is 12.0 Å². The van der Waals surface area contributed by atoms with Crippen LogP contribution in [0.3, 0.4) is 0 Å². The zero-order valence-electron chi connectivity index (χ0n) is 11.3. The molecule has 0 saturated heterocycles. The Morgan fingerprint density at radius 3 is 2.84 bits per heavy atom. The van der Waals surface area contributed by atoms with Gasteiger partial charge in [0.05, 0.1) is 0 Å². The largest absolute Gasteiger partial charge is 0.487 e. The number of rotatable bonds is 8. The molecule has 0 aliphatic heterocycles. The van der Waals surface area contributed by atoms with Gasteiger partial charge in [0, 0.05) is 25.7 Å². The van der Waals surface area contributed by atoms with Gasteiger partial charge in [0.2, 0.25) is 0 Å². The zero-order chi connectivity index (χ0) is 14.3. The van der Waals surface area contributed by atoms with Crippen LogP contribution >= 0.6 is 0 Å². The fourth-order valence-corrected chi connectivity index (χ4v) is 1.54. The van der Waals surface area contributed by atoms with Crippen LogP contribution in [0.25, 0.3) is 0 Å². The predicted octanol–water partition coefficient (Wildman–Crippen LogP) is 0.654. The van der Waals surface area contributed by atoms with Crippen LogP contribution in [0.4, 0.5) is 0 Å². The van der Waals surface area contributed by atoms with Crippen molar-refractivity contribution in [2.24, 2.45) is 0 Å². The molecule has 0 saturated carbocycles. The van der Waals surface area contributed by atoms with Crippen molar-refractivity contribution in [3.63, 3.8) is 0 Å². The van der Waals surface area contributed by atoms with Gasteiger partial charge in [-0.3, -0.25) is 9.59 Å². The van der Waals surface area contributed by atoms with Crippen molar-refractivity contribution in [3.05, 3.63) is 28.7 Å². The highest BCUT2D eigenvalue weighted by Crippen LogP contribution is 2.03. The van der Waals surface area contributed by atoms with E-state index in [0.29, 0.717) is 25.3 Å². The molecular formula is C13H20N2O4. The van der Waals surface area contributed by atoms with E-state index < -0.39 is 5.97 Å². The molecule has 1 aromatic heterocycles. The maximum atomic E-state index is 12.0. The number of pyridine rings is 1. The Bertz CT molecular complexity index is 468. The molecule has 6 heteroatoms. The average Bonchev–Trinajstić information content (AvgIpc) is 2.32. The van der Waals surface area contributed by atoms with E-state index in [9.17, 15) is 9.59 Å². The van der Waals surface area contributed by atoms with E-state index in [4.69, 9.17) is 9.84 Å². The molecule has 0 spiro atoms. The highest BCUT2D eigenvalue weighted by atomic mass is 16.5. The number of aryl methyl sites for hydroxylation is 1. The molecule has 1 aromatic rings.